The lowest BCUT2D eigenvalue weighted by Crippen LogP contribution is -1.97. The Kier molecular flexibility index (Phi) is 4.62. The number of aliphatic carboxylic acids is 1. The molecule has 4 rings (SSSR count). The molecule has 3 aromatic rings. The highest BCUT2D eigenvalue weighted by Crippen LogP contribution is 2.43. The lowest BCUT2D eigenvalue weighted by molar-refractivity contribution is -0.135. The fourth-order valence-electron chi connectivity index (χ4n) is 3.58. The van der Waals surface area contributed by atoms with E-state index < -0.39 is 5.97 Å². The van der Waals surface area contributed by atoms with Gasteiger partial charge in [0.05, 0.1) is 12.1 Å². The molecule has 3 nitrogen and oxygen atoms in total. The summed E-state index contributed by atoms with van der Waals surface area (Å²) in [5.74, 6) is -1.29. The van der Waals surface area contributed by atoms with Crippen molar-refractivity contribution in [3.63, 3.8) is 0 Å². The number of aromatic nitrogens is 1. The van der Waals surface area contributed by atoms with Crippen LogP contribution in [0.15, 0.2) is 72.4 Å². The predicted octanol–water partition coefficient (Wildman–Crippen LogP) is 5.69. The second-order valence-electron chi connectivity index (χ2n) is 6.76. The minimum atomic E-state index is -0.925. The van der Waals surface area contributed by atoms with Gasteiger partial charge in [0.1, 0.15) is 5.82 Å². The van der Waals surface area contributed by atoms with Crippen molar-refractivity contribution in [2.45, 2.75) is 13.3 Å². The number of carboxylic acid groups (broad SMARTS) is 1. The number of hydrogen-bond acceptors (Lipinski definition) is 2. The standard InChI is InChI=1S/C24H18FNO2/c1-15-20(19-10-9-18(25)13-22(19)21(15)14-24(27)28)12-16-5-7-17(8-6-16)23-4-2-3-11-26-23/h2-13H,14H2,1H3,(H,27,28)/b20-12-. The monoisotopic (exact) mass is 371 g/mol. The summed E-state index contributed by atoms with van der Waals surface area (Å²) in [4.78, 5) is 15.6. The fourth-order valence-corrected chi connectivity index (χ4v) is 3.58. The third-order valence-corrected chi connectivity index (χ3v) is 4.96. The lowest BCUT2D eigenvalue weighted by atomic mass is 9.99. The van der Waals surface area contributed by atoms with E-state index in [-0.39, 0.29) is 12.2 Å². The lowest BCUT2D eigenvalue weighted by Gasteiger charge is -2.05. The van der Waals surface area contributed by atoms with Gasteiger partial charge in [-0.2, -0.15) is 0 Å². The molecule has 0 saturated carbocycles. The Morgan fingerprint density at radius 2 is 1.86 bits per heavy atom. The summed E-state index contributed by atoms with van der Waals surface area (Å²) in [5.41, 5.74) is 6.91. The van der Waals surface area contributed by atoms with Gasteiger partial charge in [-0.05, 0) is 70.7 Å². The minimum Gasteiger partial charge on any atom is -0.481 e. The molecule has 138 valence electrons. The van der Waals surface area contributed by atoms with Crippen molar-refractivity contribution in [2.24, 2.45) is 0 Å². The van der Waals surface area contributed by atoms with Gasteiger partial charge in [0, 0.05) is 11.8 Å². The molecule has 4 heteroatoms. The molecule has 0 radical (unpaired) electrons. The van der Waals surface area contributed by atoms with Gasteiger partial charge >= 0.3 is 5.97 Å². The Hall–Kier alpha value is -3.53. The highest BCUT2D eigenvalue weighted by molar-refractivity contribution is 6.07. The molecule has 1 heterocycles. The van der Waals surface area contributed by atoms with Crippen LogP contribution in [0.2, 0.25) is 0 Å². The number of halogens is 1. The predicted molar refractivity (Wildman–Crippen MR) is 109 cm³/mol. The normalized spacial score (nSPS) is 14.4. The average Bonchev–Trinajstić information content (AvgIpc) is 2.94. The van der Waals surface area contributed by atoms with E-state index in [9.17, 15) is 14.3 Å². The van der Waals surface area contributed by atoms with Crippen molar-refractivity contribution in [2.75, 3.05) is 0 Å². The van der Waals surface area contributed by atoms with Gasteiger partial charge in [0.15, 0.2) is 0 Å². The molecule has 1 aliphatic rings. The summed E-state index contributed by atoms with van der Waals surface area (Å²) in [6.07, 6.45) is 3.65. The Morgan fingerprint density at radius 3 is 2.54 bits per heavy atom. The minimum absolute atomic E-state index is 0.127. The van der Waals surface area contributed by atoms with E-state index in [0.717, 1.165) is 33.5 Å². The van der Waals surface area contributed by atoms with E-state index >= 15 is 0 Å². The summed E-state index contributed by atoms with van der Waals surface area (Å²) in [6, 6.07) is 18.4. The topological polar surface area (TPSA) is 50.2 Å². The van der Waals surface area contributed by atoms with Crippen LogP contribution < -0.4 is 0 Å². The van der Waals surface area contributed by atoms with E-state index in [1.807, 2.05) is 55.5 Å². The molecule has 0 amide bonds. The maximum absolute atomic E-state index is 13.8. The second-order valence-corrected chi connectivity index (χ2v) is 6.76. The summed E-state index contributed by atoms with van der Waals surface area (Å²) >= 11 is 0. The first kappa shape index (κ1) is 17.9. The van der Waals surface area contributed by atoms with Crippen LogP contribution in [-0.4, -0.2) is 16.1 Å². The van der Waals surface area contributed by atoms with Gasteiger partial charge in [-0.3, -0.25) is 9.78 Å². The maximum atomic E-state index is 13.8. The van der Waals surface area contributed by atoms with Gasteiger partial charge in [-0.1, -0.05) is 36.4 Å². The summed E-state index contributed by atoms with van der Waals surface area (Å²) < 4.78 is 13.8. The first-order valence-corrected chi connectivity index (χ1v) is 8.98. The van der Waals surface area contributed by atoms with Crippen molar-refractivity contribution in [1.82, 2.24) is 4.98 Å². The third kappa shape index (κ3) is 3.37. The zero-order valence-corrected chi connectivity index (χ0v) is 15.3. The summed E-state index contributed by atoms with van der Waals surface area (Å²) in [7, 11) is 0. The Bertz CT molecular complexity index is 1110. The number of allylic oxidation sites excluding steroid dienone is 2. The SMILES string of the molecule is CC1=C(CC(=O)O)c2cc(F)ccc2/C1=C\c1ccc(-c2ccccn2)cc1. The Balaban J connectivity index is 1.75. The Morgan fingerprint density at radius 1 is 1.07 bits per heavy atom. The molecular formula is C24H18FNO2. The molecule has 0 atom stereocenters. The molecule has 1 N–H and O–H groups in total. The van der Waals surface area contributed by atoms with Crippen LogP contribution in [0, 0.1) is 5.82 Å². The summed E-state index contributed by atoms with van der Waals surface area (Å²) in [5, 5.41) is 9.25. The van der Waals surface area contributed by atoms with Crippen molar-refractivity contribution in [3.05, 3.63) is 94.9 Å². The van der Waals surface area contributed by atoms with Crippen LogP contribution in [0.1, 0.15) is 30.0 Å². The van der Waals surface area contributed by atoms with E-state index in [1.54, 1.807) is 12.3 Å². The van der Waals surface area contributed by atoms with Crippen molar-refractivity contribution >= 4 is 23.2 Å². The second kappa shape index (κ2) is 7.24. The van der Waals surface area contributed by atoms with Crippen molar-refractivity contribution in [3.8, 4) is 11.3 Å². The van der Waals surface area contributed by atoms with Crippen LogP contribution >= 0.6 is 0 Å². The number of fused-ring (bicyclic) bond motifs is 1. The number of nitrogens with zero attached hydrogens (tertiary/aromatic N) is 1. The highest BCUT2D eigenvalue weighted by atomic mass is 19.1. The number of hydrogen-bond donors (Lipinski definition) is 1. The van der Waals surface area contributed by atoms with Crippen LogP contribution in [0.4, 0.5) is 4.39 Å². The maximum Gasteiger partial charge on any atom is 0.307 e. The molecule has 0 bridgehead atoms. The molecular weight excluding hydrogens is 353 g/mol. The molecule has 0 fully saturated rings. The van der Waals surface area contributed by atoms with Crippen molar-refractivity contribution in [1.29, 1.82) is 0 Å². The smallest absolute Gasteiger partial charge is 0.307 e. The van der Waals surface area contributed by atoms with Gasteiger partial charge in [-0.15, -0.1) is 0 Å². The largest absolute Gasteiger partial charge is 0.481 e. The van der Waals surface area contributed by atoms with E-state index in [4.69, 9.17) is 0 Å². The van der Waals surface area contributed by atoms with Gasteiger partial charge in [-0.25, -0.2) is 4.39 Å². The molecule has 28 heavy (non-hydrogen) atoms. The van der Waals surface area contributed by atoms with Gasteiger partial charge in [0.2, 0.25) is 0 Å². The highest BCUT2D eigenvalue weighted by Gasteiger charge is 2.25. The molecule has 0 spiro atoms. The van der Waals surface area contributed by atoms with Crippen molar-refractivity contribution < 1.29 is 14.3 Å². The van der Waals surface area contributed by atoms with Crippen LogP contribution in [0.25, 0.3) is 28.5 Å². The molecule has 2 aromatic carbocycles. The molecule has 0 unspecified atom stereocenters. The third-order valence-electron chi connectivity index (χ3n) is 4.96. The molecule has 1 aliphatic carbocycles. The zero-order chi connectivity index (χ0) is 19.7. The zero-order valence-electron chi connectivity index (χ0n) is 15.3. The van der Waals surface area contributed by atoms with Gasteiger partial charge in [0.25, 0.3) is 0 Å². The van der Waals surface area contributed by atoms with Crippen LogP contribution in [-0.2, 0) is 4.79 Å². The number of rotatable bonds is 4. The van der Waals surface area contributed by atoms with E-state index in [0.29, 0.717) is 11.1 Å². The van der Waals surface area contributed by atoms with E-state index in [1.165, 1.54) is 12.1 Å². The molecule has 0 saturated heterocycles. The number of carboxylic acids is 1. The van der Waals surface area contributed by atoms with Crippen LogP contribution in [0.3, 0.4) is 0 Å². The quantitative estimate of drug-likeness (QED) is 0.641. The summed E-state index contributed by atoms with van der Waals surface area (Å²) in [6.45, 7) is 1.89. The van der Waals surface area contributed by atoms with Gasteiger partial charge < -0.3 is 5.11 Å². The Labute approximate surface area is 162 Å². The first-order chi connectivity index (χ1) is 13.5. The molecule has 1 aromatic heterocycles. The first-order valence-electron chi connectivity index (χ1n) is 8.98. The average molecular weight is 371 g/mol. The molecule has 0 aliphatic heterocycles. The van der Waals surface area contributed by atoms with Crippen LogP contribution in [0.5, 0.6) is 0 Å². The number of carbonyl (C=O) groups is 1. The fraction of sp³-hybridized carbons (Fsp3) is 0.0833. The number of benzene rings is 2. The number of pyridine rings is 1. The van der Waals surface area contributed by atoms with E-state index in [2.05, 4.69) is 4.98 Å².